The lowest BCUT2D eigenvalue weighted by atomic mass is 9.99. The first-order valence-electron chi connectivity index (χ1n) is 6.44. The van der Waals surface area contributed by atoms with Crippen molar-refractivity contribution in [1.82, 2.24) is 5.32 Å². The lowest BCUT2D eigenvalue weighted by molar-refractivity contribution is 0.553. The van der Waals surface area contributed by atoms with Gasteiger partial charge in [-0.3, -0.25) is 0 Å². The van der Waals surface area contributed by atoms with Crippen LogP contribution in [-0.2, 0) is 12.8 Å². The third-order valence-corrected chi connectivity index (χ3v) is 4.19. The van der Waals surface area contributed by atoms with Crippen LogP contribution < -0.4 is 5.32 Å². The number of rotatable bonds is 5. The average molecular weight is 357 g/mol. The number of likely N-dealkylation sites (N-methyl/N-ethyl adjacent to an activating group) is 1. The minimum absolute atomic E-state index is 0.212. The molecular weight excluding hydrogens is 341 g/mol. The standard InChI is InChI=1S/C16H16BrClFN/c1-20-14(9-11-4-2-6-13(17)8-11)10-12-5-3-7-15(19)16(12)18/h2-8,14,20H,9-10H2,1H3. The van der Waals surface area contributed by atoms with Gasteiger partial charge in [0.15, 0.2) is 0 Å². The molecular formula is C16H16BrClFN. The van der Waals surface area contributed by atoms with Gasteiger partial charge >= 0.3 is 0 Å². The molecule has 2 aromatic rings. The molecule has 0 saturated heterocycles. The molecule has 0 aliphatic rings. The molecule has 0 aliphatic carbocycles. The van der Waals surface area contributed by atoms with E-state index in [2.05, 4.69) is 33.4 Å². The van der Waals surface area contributed by atoms with Gasteiger partial charge in [0.2, 0.25) is 0 Å². The first-order valence-corrected chi connectivity index (χ1v) is 7.62. The van der Waals surface area contributed by atoms with E-state index in [9.17, 15) is 4.39 Å². The van der Waals surface area contributed by atoms with Crippen LogP contribution >= 0.6 is 27.5 Å². The van der Waals surface area contributed by atoms with Crippen LogP contribution in [0, 0.1) is 5.82 Å². The predicted molar refractivity (Wildman–Crippen MR) is 85.8 cm³/mol. The summed E-state index contributed by atoms with van der Waals surface area (Å²) in [5, 5.41) is 3.49. The summed E-state index contributed by atoms with van der Waals surface area (Å²) in [7, 11) is 1.91. The van der Waals surface area contributed by atoms with Crippen LogP contribution in [-0.4, -0.2) is 13.1 Å². The molecule has 0 saturated carbocycles. The molecule has 1 N–H and O–H groups in total. The van der Waals surface area contributed by atoms with Gasteiger partial charge in [0.05, 0.1) is 5.02 Å². The zero-order valence-electron chi connectivity index (χ0n) is 11.2. The minimum Gasteiger partial charge on any atom is -0.316 e. The Morgan fingerprint density at radius 1 is 1.20 bits per heavy atom. The van der Waals surface area contributed by atoms with Crippen LogP contribution in [0.3, 0.4) is 0 Å². The van der Waals surface area contributed by atoms with Crippen molar-refractivity contribution in [1.29, 1.82) is 0 Å². The maximum Gasteiger partial charge on any atom is 0.142 e. The van der Waals surface area contributed by atoms with Gasteiger partial charge in [-0.15, -0.1) is 0 Å². The summed E-state index contributed by atoms with van der Waals surface area (Å²) in [5.41, 5.74) is 2.06. The Morgan fingerprint density at radius 2 is 1.95 bits per heavy atom. The molecule has 1 nitrogen and oxygen atoms in total. The van der Waals surface area contributed by atoms with Crippen LogP contribution in [0.4, 0.5) is 4.39 Å². The van der Waals surface area contributed by atoms with Crippen molar-refractivity contribution in [3.8, 4) is 0 Å². The second kappa shape index (κ2) is 7.21. The Morgan fingerprint density at radius 3 is 2.65 bits per heavy atom. The van der Waals surface area contributed by atoms with Gasteiger partial charge in [-0.05, 0) is 49.2 Å². The van der Waals surface area contributed by atoms with E-state index in [1.165, 1.54) is 11.6 Å². The lowest BCUT2D eigenvalue weighted by Crippen LogP contribution is -2.30. The van der Waals surface area contributed by atoms with Crippen LogP contribution in [0.5, 0.6) is 0 Å². The van der Waals surface area contributed by atoms with Gasteiger partial charge in [-0.2, -0.15) is 0 Å². The topological polar surface area (TPSA) is 12.0 Å². The molecule has 0 radical (unpaired) electrons. The van der Waals surface area contributed by atoms with Crippen LogP contribution in [0.15, 0.2) is 46.9 Å². The average Bonchev–Trinajstić information content (AvgIpc) is 2.43. The smallest absolute Gasteiger partial charge is 0.142 e. The van der Waals surface area contributed by atoms with E-state index < -0.39 is 0 Å². The Bertz CT molecular complexity index is 588. The quantitative estimate of drug-likeness (QED) is 0.824. The third kappa shape index (κ3) is 4.05. The number of halogens is 3. The van der Waals surface area contributed by atoms with Gasteiger partial charge in [0.25, 0.3) is 0 Å². The van der Waals surface area contributed by atoms with E-state index in [1.807, 2.05) is 25.2 Å². The van der Waals surface area contributed by atoms with E-state index in [0.29, 0.717) is 6.42 Å². The second-order valence-corrected chi connectivity index (χ2v) is 6.03. The van der Waals surface area contributed by atoms with Gasteiger partial charge in [-0.1, -0.05) is 51.8 Å². The van der Waals surface area contributed by atoms with Crippen molar-refractivity contribution >= 4 is 27.5 Å². The zero-order chi connectivity index (χ0) is 14.5. The van der Waals surface area contributed by atoms with Crippen LogP contribution in [0.1, 0.15) is 11.1 Å². The summed E-state index contributed by atoms with van der Waals surface area (Å²) < 4.78 is 14.5. The number of hydrogen-bond donors (Lipinski definition) is 1. The summed E-state index contributed by atoms with van der Waals surface area (Å²) in [6.07, 6.45) is 1.56. The molecule has 1 unspecified atom stereocenters. The molecule has 2 rings (SSSR count). The van der Waals surface area contributed by atoms with Gasteiger partial charge in [-0.25, -0.2) is 4.39 Å². The SMILES string of the molecule is CNC(Cc1cccc(Br)c1)Cc1cccc(F)c1Cl. The molecule has 20 heavy (non-hydrogen) atoms. The van der Waals surface area contributed by atoms with E-state index in [-0.39, 0.29) is 16.9 Å². The highest BCUT2D eigenvalue weighted by atomic mass is 79.9. The summed E-state index contributed by atoms with van der Waals surface area (Å²) in [6, 6.07) is 13.4. The molecule has 0 aromatic heterocycles. The molecule has 0 fully saturated rings. The summed E-state index contributed by atoms with van der Waals surface area (Å²) in [5.74, 6) is -0.360. The van der Waals surface area contributed by atoms with Crippen molar-refractivity contribution < 1.29 is 4.39 Å². The molecule has 0 amide bonds. The Kier molecular flexibility index (Phi) is 5.58. The second-order valence-electron chi connectivity index (χ2n) is 4.74. The number of hydrogen-bond acceptors (Lipinski definition) is 1. The van der Waals surface area contributed by atoms with Crippen molar-refractivity contribution in [3.05, 3.63) is 68.9 Å². The lowest BCUT2D eigenvalue weighted by Gasteiger charge is -2.17. The Balaban J connectivity index is 2.11. The fourth-order valence-electron chi connectivity index (χ4n) is 2.20. The maximum atomic E-state index is 13.5. The fourth-order valence-corrected chi connectivity index (χ4v) is 2.85. The first-order chi connectivity index (χ1) is 9.60. The Labute approximate surface area is 132 Å². The maximum absolute atomic E-state index is 13.5. The van der Waals surface area contributed by atoms with Crippen molar-refractivity contribution in [2.45, 2.75) is 18.9 Å². The molecule has 106 valence electrons. The van der Waals surface area contributed by atoms with Gasteiger partial charge in [0, 0.05) is 10.5 Å². The van der Waals surface area contributed by atoms with E-state index in [0.717, 1.165) is 16.5 Å². The fraction of sp³-hybridized carbons (Fsp3) is 0.250. The molecule has 0 heterocycles. The van der Waals surface area contributed by atoms with Crippen LogP contribution in [0.2, 0.25) is 5.02 Å². The highest BCUT2D eigenvalue weighted by molar-refractivity contribution is 9.10. The minimum atomic E-state index is -0.360. The van der Waals surface area contributed by atoms with Crippen molar-refractivity contribution in [2.24, 2.45) is 0 Å². The van der Waals surface area contributed by atoms with Crippen molar-refractivity contribution in [3.63, 3.8) is 0 Å². The van der Waals surface area contributed by atoms with Crippen LogP contribution in [0.25, 0.3) is 0 Å². The first kappa shape index (κ1) is 15.5. The highest BCUT2D eigenvalue weighted by Gasteiger charge is 2.13. The molecule has 1 atom stereocenters. The molecule has 0 spiro atoms. The summed E-state index contributed by atoms with van der Waals surface area (Å²) >= 11 is 9.48. The zero-order valence-corrected chi connectivity index (χ0v) is 13.5. The third-order valence-electron chi connectivity index (χ3n) is 3.28. The molecule has 4 heteroatoms. The predicted octanol–water partition coefficient (Wildman–Crippen LogP) is 4.61. The molecule has 0 aliphatic heterocycles. The number of benzene rings is 2. The largest absolute Gasteiger partial charge is 0.316 e. The van der Waals surface area contributed by atoms with E-state index >= 15 is 0 Å². The summed E-state index contributed by atoms with van der Waals surface area (Å²) in [6.45, 7) is 0. The van der Waals surface area contributed by atoms with E-state index in [4.69, 9.17) is 11.6 Å². The van der Waals surface area contributed by atoms with Crippen molar-refractivity contribution in [2.75, 3.05) is 7.05 Å². The molecule has 2 aromatic carbocycles. The summed E-state index contributed by atoms with van der Waals surface area (Å²) in [4.78, 5) is 0. The van der Waals surface area contributed by atoms with Gasteiger partial charge < -0.3 is 5.32 Å². The Hall–Kier alpha value is -0.900. The molecule has 0 bridgehead atoms. The van der Waals surface area contributed by atoms with E-state index in [1.54, 1.807) is 6.07 Å². The number of nitrogens with one attached hydrogen (secondary N) is 1. The highest BCUT2D eigenvalue weighted by Crippen LogP contribution is 2.22. The van der Waals surface area contributed by atoms with Gasteiger partial charge in [0.1, 0.15) is 5.82 Å². The normalized spacial score (nSPS) is 12.4. The monoisotopic (exact) mass is 355 g/mol.